The summed E-state index contributed by atoms with van der Waals surface area (Å²) in [6.07, 6.45) is 0.856. The van der Waals surface area contributed by atoms with Crippen LogP contribution in [0.2, 0.25) is 10.2 Å². The van der Waals surface area contributed by atoms with Gasteiger partial charge in [-0.05, 0) is 35.4 Å². The summed E-state index contributed by atoms with van der Waals surface area (Å²) in [5.41, 5.74) is 1.48. The number of pyridine rings is 1. The van der Waals surface area contributed by atoms with Crippen LogP contribution in [0.3, 0.4) is 0 Å². The fourth-order valence-electron chi connectivity index (χ4n) is 1.43. The van der Waals surface area contributed by atoms with Crippen molar-refractivity contribution in [3.63, 3.8) is 0 Å². The molecule has 16 heavy (non-hydrogen) atoms. The Balaban J connectivity index is 2.31. The Labute approximate surface area is 103 Å². The van der Waals surface area contributed by atoms with Crippen molar-refractivity contribution < 1.29 is 5.11 Å². The molecule has 2 rings (SSSR count). The van der Waals surface area contributed by atoms with Gasteiger partial charge in [-0.1, -0.05) is 35.3 Å². The van der Waals surface area contributed by atoms with Gasteiger partial charge in [0.1, 0.15) is 11.3 Å². The summed E-state index contributed by atoms with van der Waals surface area (Å²) in [4.78, 5) is 3.86. The third-order valence-electron chi connectivity index (χ3n) is 2.25. The molecule has 2 nitrogen and oxygen atoms in total. The molecule has 0 spiro atoms. The van der Waals surface area contributed by atoms with E-state index in [0.29, 0.717) is 15.7 Å². The zero-order valence-electron chi connectivity index (χ0n) is 8.27. The third kappa shape index (κ3) is 2.53. The Morgan fingerprint density at radius 2 is 1.69 bits per heavy atom. The number of hydrogen-bond acceptors (Lipinski definition) is 2. The Bertz CT molecular complexity index is 485. The lowest BCUT2D eigenvalue weighted by Gasteiger charge is -2.11. The predicted octanol–water partition coefficient (Wildman–Crippen LogP) is 3.47. The van der Waals surface area contributed by atoms with Crippen LogP contribution in [0.15, 0.2) is 42.6 Å². The lowest BCUT2D eigenvalue weighted by molar-refractivity contribution is 0.220. The molecule has 0 saturated heterocycles. The van der Waals surface area contributed by atoms with Gasteiger partial charge in [-0.3, -0.25) is 0 Å². The van der Waals surface area contributed by atoms with Gasteiger partial charge < -0.3 is 5.11 Å². The van der Waals surface area contributed by atoms with Gasteiger partial charge in [0, 0.05) is 11.2 Å². The highest BCUT2D eigenvalue weighted by Crippen LogP contribution is 2.24. The van der Waals surface area contributed by atoms with Gasteiger partial charge in [-0.25, -0.2) is 4.98 Å². The SMILES string of the molecule is OC(c1ccc(Cl)cc1)c1ccnc(Cl)c1. The Morgan fingerprint density at radius 3 is 2.31 bits per heavy atom. The smallest absolute Gasteiger partial charge is 0.129 e. The van der Waals surface area contributed by atoms with Crippen LogP contribution in [0.5, 0.6) is 0 Å². The largest absolute Gasteiger partial charge is 0.384 e. The van der Waals surface area contributed by atoms with E-state index in [9.17, 15) is 5.11 Å². The number of rotatable bonds is 2. The van der Waals surface area contributed by atoms with Crippen molar-refractivity contribution in [1.29, 1.82) is 0 Å². The molecule has 0 fully saturated rings. The minimum Gasteiger partial charge on any atom is -0.384 e. The number of hydrogen-bond donors (Lipinski definition) is 1. The maximum absolute atomic E-state index is 10.1. The first-order valence-corrected chi connectivity index (χ1v) is 5.47. The van der Waals surface area contributed by atoms with Crippen molar-refractivity contribution in [2.24, 2.45) is 0 Å². The highest BCUT2D eigenvalue weighted by Gasteiger charge is 2.10. The standard InChI is InChI=1S/C12H9Cl2NO/c13-10-3-1-8(2-4-10)12(16)9-5-6-15-11(14)7-9/h1-7,12,16H. The third-order valence-corrected chi connectivity index (χ3v) is 2.71. The Morgan fingerprint density at radius 1 is 1.00 bits per heavy atom. The molecule has 1 unspecified atom stereocenters. The van der Waals surface area contributed by atoms with Crippen molar-refractivity contribution in [3.8, 4) is 0 Å². The van der Waals surface area contributed by atoms with E-state index >= 15 is 0 Å². The highest BCUT2D eigenvalue weighted by molar-refractivity contribution is 6.30. The fraction of sp³-hybridized carbons (Fsp3) is 0.0833. The summed E-state index contributed by atoms with van der Waals surface area (Å²) < 4.78 is 0. The molecule has 0 amide bonds. The normalized spacial score (nSPS) is 12.4. The summed E-state index contributed by atoms with van der Waals surface area (Å²) in [7, 11) is 0. The number of aliphatic hydroxyl groups excluding tert-OH is 1. The van der Waals surface area contributed by atoms with Crippen molar-refractivity contribution >= 4 is 23.2 Å². The van der Waals surface area contributed by atoms with Crippen LogP contribution >= 0.6 is 23.2 Å². The summed E-state index contributed by atoms with van der Waals surface area (Å²) in [5, 5.41) is 11.1. The molecule has 4 heteroatoms. The number of benzene rings is 1. The molecule has 1 aromatic carbocycles. The second-order valence-corrected chi connectivity index (χ2v) is 4.19. The molecule has 0 aliphatic carbocycles. The highest BCUT2D eigenvalue weighted by atomic mass is 35.5. The van der Waals surface area contributed by atoms with Gasteiger partial charge in [0.05, 0.1) is 0 Å². The molecule has 0 aliphatic heterocycles. The zero-order valence-corrected chi connectivity index (χ0v) is 9.78. The lowest BCUT2D eigenvalue weighted by Crippen LogP contribution is -1.99. The quantitative estimate of drug-likeness (QED) is 0.832. The maximum Gasteiger partial charge on any atom is 0.129 e. The van der Waals surface area contributed by atoms with Gasteiger partial charge in [0.25, 0.3) is 0 Å². The number of halogens is 2. The van der Waals surface area contributed by atoms with Crippen LogP contribution in [0.4, 0.5) is 0 Å². The van der Waals surface area contributed by atoms with E-state index in [0.717, 1.165) is 5.56 Å². The first-order chi connectivity index (χ1) is 7.66. The van der Waals surface area contributed by atoms with Crippen LogP contribution in [0.25, 0.3) is 0 Å². The molecule has 0 aliphatic rings. The molecule has 1 aromatic heterocycles. The van der Waals surface area contributed by atoms with Gasteiger partial charge in [0.2, 0.25) is 0 Å². The fourth-order valence-corrected chi connectivity index (χ4v) is 1.73. The van der Waals surface area contributed by atoms with E-state index in [1.54, 1.807) is 42.6 Å². The topological polar surface area (TPSA) is 33.1 Å². The average molecular weight is 254 g/mol. The molecule has 0 bridgehead atoms. The predicted molar refractivity (Wildman–Crippen MR) is 64.8 cm³/mol. The minimum absolute atomic E-state index is 0.366. The molecule has 82 valence electrons. The molecular formula is C12H9Cl2NO. The molecule has 0 radical (unpaired) electrons. The molecule has 1 N–H and O–H groups in total. The van der Waals surface area contributed by atoms with E-state index in [4.69, 9.17) is 23.2 Å². The molecular weight excluding hydrogens is 245 g/mol. The summed E-state index contributed by atoms with van der Waals surface area (Å²) in [5.74, 6) is 0. The van der Waals surface area contributed by atoms with Crippen molar-refractivity contribution in [1.82, 2.24) is 4.98 Å². The lowest BCUT2D eigenvalue weighted by atomic mass is 10.0. The van der Waals surface area contributed by atoms with Crippen LogP contribution in [-0.2, 0) is 0 Å². The number of aliphatic hydroxyl groups is 1. The van der Waals surface area contributed by atoms with Crippen LogP contribution in [0.1, 0.15) is 17.2 Å². The van der Waals surface area contributed by atoms with E-state index in [1.165, 1.54) is 0 Å². The van der Waals surface area contributed by atoms with Gasteiger partial charge >= 0.3 is 0 Å². The summed E-state index contributed by atoms with van der Waals surface area (Å²) >= 11 is 11.5. The number of aromatic nitrogens is 1. The second kappa shape index (κ2) is 4.83. The Kier molecular flexibility index (Phi) is 3.44. The van der Waals surface area contributed by atoms with E-state index in [1.807, 2.05) is 0 Å². The molecule has 0 saturated carbocycles. The average Bonchev–Trinajstić information content (AvgIpc) is 2.29. The van der Waals surface area contributed by atoms with Gasteiger partial charge in [0.15, 0.2) is 0 Å². The van der Waals surface area contributed by atoms with Crippen LogP contribution in [-0.4, -0.2) is 10.1 Å². The maximum atomic E-state index is 10.1. The van der Waals surface area contributed by atoms with Crippen LogP contribution in [0, 0.1) is 0 Å². The minimum atomic E-state index is -0.710. The van der Waals surface area contributed by atoms with Crippen molar-refractivity contribution in [2.45, 2.75) is 6.10 Å². The van der Waals surface area contributed by atoms with Crippen molar-refractivity contribution in [3.05, 3.63) is 63.9 Å². The Hall–Kier alpha value is -1.09. The monoisotopic (exact) mass is 253 g/mol. The van der Waals surface area contributed by atoms with E-state index < -0.39 is 6.10 Å². The van der Waals surface area contributed by atoms with Gasteiger partial charge in [-0.15, -0.1) is 0 Å². The molecule has 2 aromatic rings. The first kappa shape index (κ1) is 11.4. The summed E-state index contributed by atoms with van der Waals surface area (Å²) in [6, 6.07) is 10.4. The second-order valence-electron chi connectivity index (χ2n) is 3.37. The molecule has 1 atom stereocenters. The number of nitrogens with zero attached hydrogens (tertiary/aromatic N) is 1. The van der Waals surface area contributed by atoms with Crippen molar-refractivity contribution in [2.75, 3.05) is 0 Å². The summed E-state index contributed by atoms with van der Waals surface area (Å²) in [6.45, 7) is 0. The zero-order chi connectivity index (χ0) is 11.5. The van der Waals surface area contributed by atoms with E-state index in [2.05, 4.69) is 4.98 Å². The van der Waals surface area contributed by atoms with Gasteiger partial charge in [-0.2, -0.15) is 0 Å². The van der Waals surface area contributed by atoms with E-state index in [-0.39, 0.29) is 0 Å². The van der Waals surface area contributed by atoms with Crippen LogP contribution < -0.4 is 0 Å². The molecule has 1 heterocycles. The first-order valence-electron chi connectivity index (χ1n) is 4.72.